The summed E-state index contributed by atoms with van der Waals surface area (Å²) in [5.41, 5.74) is -4.76. The zero-order valence-electron chi connectivity index (χ0n) is 14.8. The summed E-state index contributed by atoms with van der Waals surface area (Å²) < 4.78 is 87.2. The normalized spacial score (nSPS) is 14.1. The second-order valence-corrected chi connectivity index (χ2v) is 5.34. The molecule has 1 aromatic carbocycles. The average molecular weight is 416 g/mol. The highest BCUT2D eigenvalue weighted by Crippen LogP contribution is 2.33. The molecule has 0 aliphatic heterocycles. The van der Waals surface area contributed by atoms with E-state index in [1.165, 1.54) is 25.2 Å². The highest BCUT2D eigenvalue weighted by molar-refractivity contribution is 5.87. The zero-order valence-corrected chi connectivity index (χ0v) is 14.8. The Bertz CT molecular complexity index is 692. The van der Waals surface area contributed by atoms with Gasteiger partial charge in [0, 0.05) is 13.2 Å². The SMILES string of the molecule is CCOC(=O)[C@@](NC(=O)NCc1cccc(C(F)(F)F)c1)(OCC)C(F)(F)F. The molecule has 6 nitrogen and oxygen atoms in total. The van der Waals surface area contributed by atoms with Crippen molar-refractivity contribution in [2.24, 2.45) is 0 Å². The molecule has 0 saturated heterocycles. The van der Waals surface area contributed by atoms with Gasteiger partial charge in [-0.15, -0.1) is 0 Å². The average Bonchev–Trinajstić information content (AvgIpc) is 2.58. The first-order valence-electron chi connectivity index (χ1n) is 7.97. The molecule has 0 radical (unpaired) electrons. The lowest BCUT2D eigenvalue weighted by Crippen LogP contribution is -2.67. The first kappa shape index (κ1) is 23.5. The van der Waals surface area contributed by atoms with Crippen LogP contribution in [0.25, 0.3) is 0 Å². The van der Waals surface area contributed by atoms with E-state index in [9.17, 15) is 35.9 Å². The van der Waals surface area contributed by atoms with E-state index in [1.54, 1.807) is 0 Å². The molecule has 0 aliphatic rings. The molecule has 2 amide bonds. The number of alkyl halides is 6. The Morgan fingerprint density at radius 1 is 1.04 bits per heavy atom. The monoisotopic (exact) mass is 416 g/mol. The summed E-state index contributed by atoms with van der Waals surface area (Å²) in [5.74, 6) is -1.88. The second kappa shape index (κ2) is 9.13. The van der Waals surface area contributed by atoms with Gasteiger partial charge in [-0.2, -0.15) is 26.3 Å². The number of carbonyl (C=O) groups excluding carboxylic acids is 2. The molecule has 0 unspecified atom stereocenters. The summed E-state index contributed by atoms with van der Waals surface area (Å²) in [6.07, 6.45) is -9.98. The molecule has 0 bridgehead atoms. The molecule has 1 rings (SSSR count). The topological polar surface area (TPSA) is 76.7 Å². The Kier molecular flexibility index (Phi) is 7.67. The summed E-state index contributed by atoms with van der Waals surface area (Å²) in [6.45, 7) is 0.906. The maximum Gasteiger partial charge on any atom is 0.448 e. The number of carbonyl (C=O) groups is 2. The predicted octanol–water partition coefficient (Wildman–Crippen LogP) is 3.36. The molecule has 28 heavy (non-hydrogen) atoms. The number of ether oxygens (including phenoxy) is 2. The van der Waals surface area contributed by atoms with Crippen molar-refractivity contribution in [3.05, 3.63) is 35.4 Å². The fourth-order valence-corrected chi connectivity index (χ4v) is 2.11. The molecule has 2 N–H and O–H groups in total. The van der Waals surface area contributed by atoms with E-state index >= 15 is 0 Å². The summed E-state index contributed by atoms with van der Waals surface area (Å²) >= 11 is 0. The molecule has 1 atom stereocenters. The van der Waals surface area contributed by atoms with E-state index < -0.39 is 55.4 Å². The van der Waals surface area contributed by atoms with Crippen molar-refractivity contribution in [3.63, 3.8) is 0 Å². The number of esters is 1. The zero-order chi connectivity index (χ0) is 21.6. The summed E-state index contributed by atoms with van der Waals surface area (Å²) in [7, 11) is 0. The van der Waals surface area contributed by atoms with Crippen LogP contribution in [0, 0.1) is 0 Å². The van der Waals surface area contributed by atoms with Gasteiger partial charge in [0.2, 0.25) is 0 Å². The molecular formula is C16H18F6N2O4. The Balaban J connectivity index is 2.96. The fourth-order valence-electron chi connectivity index (χ4n) is 2.11. The van der Waals surface area contributed by atoms with Crippen molar-refractivity contribution in [3.8, 4) is 0 Å². The van der Waals surface area contributed by atoms with Crippen molar-refractivity contribution >= 4 is 12.0 Å². The number of nitrogens with one attached hydrogen (secondary N) is 2. The van der Waals surface area contributed by atoms with E-state index in [1.807, 2.05) is 5.32 Å². The van der Waals surface area contributed by atoms with Crippen LogP contribution in [0.5, 0.6) is 0 Å². The van der Waals surface area contributed by atoms with E-state index in [-0.39, 0.29) is 5.56 Å². The van der Waals surface area contributed by atoms with E-state index in [4.69, 9.17) is 0 Å². The van der Waals surface area contributed by atoms with Crippen LogP contribution < -0.4 is 10.6 Å². The standard InChI is InChI=1S/C16H18F6N2O4/c1-3-27-12(25)14(28-4-2,16(20,21)22)24-13(26)23-9-10-6-5-7-11(8-10)15(17,18)19/h5-8H,3-4,9H2,1-2H3,(H2,23,24,26)/t14-/m1/s1. The number of urea groups is 1. The Morgan fingerprint density at radius 2 is 1.68 bits per heavy atom. The van der Waals surface area contributed by atoms with Gasteiger partial charge in [0.05, 0.1) is 12.2 Å². The van der Waals surface area contributed by atoms with Crippen LogP contribution in [0.1, 0.15) is 25.0 Å². The number of halogens is 6. The van der Waals surface area contributed by atoms with Gasteiger partial charge in [0.25, 0.3) is 0 Å². The van der Waals surface area contributed by atoms with Crippen LogP contribution in [0.3, 0.4) is 0 Å². The lowest BCUT2D eigenvalue weighted by Gasteiger charge is -2.33. The van der Waals surface area contributed by atoms with Gasteiger partial charge in [-0.25, -0.2) is 9.59 Å². The number of hydrogen-bond donors (Lipinski definition) is 2. The first-order valence-corrected chi connectivity index (χ1v) is 7.97. The predicted molar refractivity (Wildman–Crippen MR) is 83.9 cm³/mol. The van der Waals surface area contributed by atoms with Gasteiger partial charge < -0.3 is 14.8 Å². The van der Waals surface area contributed by atoms with Crippen LogP contribution in [-0.4, -0.2) is 37.1 Å². The van der Waals surface area contributed by atoms with Gasteiger partial charge >= 0.3 is 30.1 Å². The third kappa shape index (κ3) is 5.75. The molecule has 0 aromatic heterocycles. The second-order valence-electron chi connectivity index (χ2n) is 5.34. The van der Waals surface area contributed by atoms with Gasteiger partial charge in [-0.1, -0.05) is 12.1 Å². The number of amides is 2. The minimum absolute atomic E-state index is 0.0184. The van der Waals surface area contributed by atoms with E-state index in [0.717, 1.165) is 18.2 Å². The van der Waals surface area contributed by atoms with Crippen LogP contribution in [-0.2, 0) is 27.0 Å². The van der Waals surface area contributed by atoms with Crippen molar-refractivity contribution in [2.75, 3.05) is 13.2 Å². The highest BCUT2D eigenvalue weighted by atomic mass is 19.4. The molecule has 12 heteroatoms. The van der Waals surface area contributed by atoms with Crippen LogP contribution in [0.2, 0.25) is 0 Å². The van der Waals surface area contributed by atoms with Crippen molar-refractivity contribution in [2.45, 2.75) is 38.5 Å². The number of hydrogen-bond acceptors (Lipinski definition) is 4. The summed E-state index contributed by atoms with van der Waals surface area (Å²) in [4.78, 5) is 23.7. The minimum atomic E-state index is -5.36. The van der Waals surface area contributed by atoms with E-state index in [2.05, 4.69) is 9.47 Å². The van der Waals surface area contributed by atoms with Gasteiger partial charge in [-0.05, 0) is 31.5 Å². The van der Waals surface area contributed by atoms with Crippen molar-refractivity contribution in [1.82, 2.24) is 10.6 Å². The third-order valence-corrected chi connectivity index (χ3v) is 3.32. The van der Waals surface area contributed by atoms with Crippen molar-refractivity contribution < 1.29 is 45.4 Å². The smallest absolute Gasteiger partial charge is 0.448 e. The Morgan fingerprint density at radius 3 is 2.18 bits per heavy atom. The van der Waals surface area contributed by atoms with Gasteiger partial charge in [0.15, 0.2) is 0 Å². The van der Waals surface area contributed by atoms with Crippen molar-refractivity contribution in [1.29, 1.82) is 0 Å². The minimum Gasteiger partial charge on any atom is -0.462 e. The first-order chi connectivity index (χ1) is 12.9. The molecular weight excluding hydrogens is 398 g/mol. The largest absolute Gasteiger partial charge is 0.462 e. The molecule has 0 saturated carbocycles. The molecule has 158 valence electrons. The molecule has 0 spiro atoms. The lowest BCUT2D eigenvalue weighted by molar-refractivity contribution is -0.283. The number of benzene rings is 1. The van der Waals surface area contributed by atoms with Crippen LogP contribution in [0.15, 0.2) is 24.3 Å². The maximum absolute atomic E-state index is 13.5. The molecule has 1 aromatic rings. The highest BCUT2D eigenvalue weighted by Gasteiger charge is 2.64. The van der Waals surface area contributed by atoms with Gasteiger partial charge in [0.1, 0.15) is 0 Å². The number of rotatable bonds is 7. The van der Waals surface area contributed by atoms with Crippen LogP contribution >= 0.6 is 0 Å². The molecule has 0 heterocycles. The fraction of sp³-hybridized carbons (Fsp3) is 0.500. The Hall–Kier alpha value is -2.50. The Labute approximate surface area is 156 Å². The van der Waals surface area contributed by atoms with Crippen LogP contribution in [0.4, 0.5) is 31.1 Å². The molecule has 0 aliphatic carbocycles. The van der Waals surface area contributed by atoms with Gasteiger partial charge in [-0.3, -0.25) is 5.32 Å². The lowest BCUT2D eigenvalue weighted by atomic mass is 10.1. The maximum atomic E-state index is 13.5. The molecule has 0 fully saturated rings. The quantitative estimate of drug-likeness (QED) is 0.406. The summed E-state index contributed by atoms with van der Waals surface area (Å²) in [6, 6.07) is 2.35. The summed E-state index contributed by atoms with van der Waals surface area (Å²) in [5, 5.41) is 3.33. The van der Waals surface area contributed by atoms with E-state index in [0.29, 0.717) is 0 Å². The third-order valence-electron chi connectivity index (χ3n) is 3.32.